The summed E-state index contributed by atoms with van der Waals surface area (Å²) in [6, 6.07) is 3.77. The lowest BCUT2D eigenvalue weighted by molar-refractivity contribution is 0.0954. The topological polar surface area (TPSA) is 71.8 Å². The van der Waals surface area contributed by atoms with Crippen molar-refractivity contribution in [2.24, 2.45) is 7.05 Å². The highest BCUT2D eigenvalue weighted by molar-refractivity contribution is 5.99. The van der Waals surface area contributed by atoms with Gasteiger partial charge in [0.15, 0.2) is 0 Å². The van der Waals surface area contributed by atoms with E-state index in [9.17, 15) is 4.79 Å². The molecule has 21 heavy (non-hydrogen) atoms. The predicted molar refractivity (Wildman–Crippen MR) is 82.3 cm³/mol. The molecule has 0 aromatic carbocycles. The van der Waals surface area contributed by atoms with Crippen molar-refractivity contribution in [3.8, 4) is 0 Å². The molecule has 1 amide bonds. The minimum Gasteiger partial charge on any atom is -0.384 e. The zero-order valence-corrected chi connectivity index (χ0v) is 12.5. The van der Waals surface area contributed by atoms with Gasteiger partial charge in [-0.1, -0.05) is 6.92 Å². The number of aryl methyl sites for hydroxylation is 1. The summed E-state index contributed by atoms with van der Waals surface area (Å²) in [5.41, 5.74) is 2.49. The van der Waals surface area contributed by atoms with Gasteiger partial charge in [-0.05, 0) is 18.6 Å². The fourth-order valence-electron chi connectivity index (χ4n) is 2.04. The molecule has 0 spiro atoms. The summed E-state index contributed by atoms with van der Waals surface area (Å²) in [6.07, 6.45) is 6.79. The molecule has 2 rings (SSSR count). The van der Waals surface area contributed by atoms with E-state index in [4.69, 9.17) is 0 Å². The lowest BCUT2D eigenvalue weighted by Gasteiger charge is -2.11. The second-order valence-electron chi connectivity index (χ2n) is 4.80. The molecule has 0 radical (unpaired) electrons. The predicted octanol–water partition coefficient (Wildman–Crippen LogP) is 1.61. The second-order valence-corrected chi connectivity index (χ2v) is 4.80. The van der Waals surface area contributed by atoms with Crippen LogP contribution in [-0.2, 0) is 13.5 Å². The Morgan fingerprint density at radius 2 is 2.14 bits per heavy atom. The standard InChI is InChI=1S/C15H21N5O/c1-3-7-17-14-6-8-16-11-13(14)15(21)18-9-4-12-5-10-19-20(12)2/h5-6,8,10-11H,3-4,7,9H2,1-2H3,(H,16,17)(H,18,21). The van der Waals surface area contributed by atoms with Gasteiger partial charge in [0.05, 0.1) is 11.3 Å². The largest absolute Gasteiger partial charge is 0.384 e. The molecule has 0 aliphatic carbocycles. The molecule has 0 saturated carbocycles. The summed E-state index contributed by atoms with van der Waals surface area (Å²) in [4.78, 5) is 16.3. The highest BCUT2D eigenvalue weighted by Gasteiger charge is 2.11. The van der Waals surface area contributed by atoms with E-state index < -0.39 is 0 Å². The number of hydrogen-bond donors (Lipinski definition) is 2. The minimum atomic E-state index is -0.108. The van der Waals surface area contributed by atoms with Crippen molar-refractivity contribution in [3.63, 3.8) is 0 Å². The van der Waals surface area contributed by atoms with Gasteiger partial charge in [0, 0.05) is 50.8 Å². The first-order valence-corrected chi connectivity index (χ1v) is 7.15. The van der Waals surface area contributed by atoms with Crippen LogP contribution in [0.2, 0.25) is 0 Å². The van der Waals surface area contributed by atoms with Crippen LogP contribution in [0.4, 0.5) is 5.69 Å². The number of amides is 1. The molecule has 6 nitrogen and oxygen atoms in total. The fraction of sp³-hybridized carbons (Fsp3) is 0.400. The number of carbonyl (C=O) groups excluding carboxylic acids is 1. The maximum absolute atomic E-state index is 12.2. The van der Waals surface area contributed by atoms with E-state index in [1.54, 1.807) is 18.6 Å². The number of pyridine rings is 1. The number of anilines is 1. The number of nitrogens with zero attached hydrogens (tertiary/aromatic N) is 3. The van der Waals surface area contributed by atoms with Gasteiger partial charge in [0.1, 0.15) is 0 Å². The molecular weight excluding hydrogens is 266 g/mol. The zero-order chi connectivity index (χ0) is 15.1. The Labute approximate surface area is 124 Å². The molecule has 0 bridgehead atoms. The highest BCUT2D eigenvalue weighted by Crippen LogP contribution is 2.13. The molecule has 6 heteroatoms. The molecule has 112 valence electrons. The van der Waals surface area contributed by atoms with Crippen LogP contribution in [0.25, 0.3) is 0 Å². The third-order valence-corrected chi connectivity index (χ3v) is 3.22. The molecule has 2 aromatic rings. The number of aromatic nitrogens is 3. The first-order valence-electron chi connectivity index (χ1n) is 7.15. The molecule has 2 N–H and O–H groups in total. The summed E-state index contributed by atoms with van der Waals surface area (Å²) < 4.78 is 1.81. The van der Waals surface area contributed by atoms with Crippen LogP contribution >= 0.6 is 0 Å². The summed E-state index contributed by atoms with van der Waals surface area (Å²) in [5.74, 6) is -0.108. The lowest BCUT2D eigenvalue weighted by atomic mass is 10.2. The van der Waals surface area contributed by atoms with Crippen LogP contribution in [0.5, 0.6) is 0 Å². The van der Waals surface area contributed by atoms with Crippen molar-refractivity contribution < 1.29 is 4.79 Å². The molecule has 2 aromatic heterocycles. The van der Waals surface area contributed by atoms with Crippen LogP contribution in [-0.4, -0.2) is 33.8 Å². The summed E-state index contributed by atoms with van der Waals surface area (Å²) in [7, 11) is 1.89. The maximum Gasteiger partial charge on any atom is 0.254 e. The van der Waals surface area contributed by atoms with Gasteiger partial charge in [-0.2, -0.15) is 5.10 Å². The van der Waals surface area contributed by atoms with Gasteiger partial charge in [-0.25, -0.2) is 0 Å². The van der Waals surface area contributed by atoms with E-state index in [0.717, 1.165) is 30.8 Å². The van der Waals surface area contributed by atoms with Crippen LogP contribution in [0, 0.1) is 0 Å². The van der Waals surface area contributed by atoms with Crippen molar-refractivity contribution in [2.45, 2.75) is 19.8 Å². The van der Waals surface area contributed by atoms with E-state index in [-0.39, 0.29) is 5.91 Å². The summed E-state index contributed by atoms with van der Waals surface area (Å²) >= 11 is 0. The van der Waals surface area contributed by atoms with Gasteiger partial charge >= 0.3 is 0 Å². The number of hydrogen-bond acceptors (Lipinski definition) is 4. The molecule has 0 aliphatic heterocycles. The average Bonchev–Trinajstić information content (AvgIpc) is 2.91. The van der Waals surface area contributed by atoms with Crippen molar-refractivity contribution in [3.05, 3.63) is 42.0 Å². The first kappa shape index (κ1) is 15.0. The maximum atomic E-state index is 12.2. The van der Waals surface area contributed by atoms with Crippen LogP contribution in [0.1, 0.15) is 29.4 Å². The summed E-state index contributed by atoms with van der Waals surface area (Å²) in [5, 5.41) is 10.3. The number of carbonyl (C=O) groups is 1. The monoisotopic (exact) mass is 287 g/mol. The molecule has 2 heterocycles. The van der Waals surface area contributed by atoms with E-state index >= 15 is 0 Å². The molecule has 0 saturated heterocycles. The van der Waals surface area contributed by atoms with Crippen molar-refractivity contribution in [2.75, 3.05) is 18.4 Å². The Morgan fingerprint density at radius 1 is 1.29 bits per heavy atom. The van der Waals surface area contributed by atoms with Crippen LogP contribution in [0.3, 0.4) is 0 Å². The normalized spacial score (nSPS) is 10.4. The van der Waals surface area contributed by atoms with E-state index in [1.807, 2.05) is 23.9 Å². The van der Waals surface area contributed by atoms with E-state index in [0.29, 0.717) is 12.1 Å². The number of rotatable bonds is 7. The molecule has 0 fully saturated rings. The smallest absolute Gasteiger partial charge is 0.254 e. The van der Waals surface area contributed by atoms with Crippen molar-refractivity contribution in [1.82, 2.24) is 20.1 Å². The number of nitrogens with one attached hydrogen (secondary N) is 2. The SMILES string of the molecule is CCCNc1ccncc1C(=O)NCCc1ccnn1C. The Hall–Kier alpha value is -2.37. The minimum absolute atomic E-state index is 0.108. The lowest BCUT2D eigenvalue weighted by Crippen LogP contribution is -2.27. The Morgan fingerprint density at radius 3 is 2.86 bits per heavy atom. The Balaban J connectivity index is 1.92. The van der Waals surface area contributed by atoms with Gasteiger partial charge in [0.2, 0.25) is 0 Å². The molecule has 0 unspecified atom stereocenters. The highest BCUT2D eigenvalue weighted by atomic mass is 16.1. The quantitative estimate of drug-likeness (QED) is 0.811. The zero-order valence-electron chi connectivity index (χ0n) is 12.5. The van der Waals surface area contributed by atoms with Gasteiger partial charge in [0.25, 0.3) is 5.91 Å². The average molecular weight is 287 g/mol. The second kappa shape index (κ2) is 7.42. The Bertz CT molecular complexity index is 593. The van der Waals surface area contributed by atoms with Gasteiger partial charge in [-0.15, -0.1) is 0 Å². The Kier molecular flexibility index (Phi) is 5.31. The van der Waals surface area contributed by atoms with Crippen LogP contribution in [0.15, 0.2) is 30.7 Å². The van der Waals surface area contributed by atoms with Crippen LogP contribution < -0.4 is 10.6 Å². The molecular formula is C15H21N5O. The van der Waals surface area contributed by atoms with E-state index in [1.165, 1.54) is 0 Å². The van der Waals surface area contributed by atoms with E-state index in [2.05, 4.69) is 27.6 Å². The molecule has 0 aliphatic rings. The third-order valence-electron chi connectivity index (χ3n) is 3.22. The van der Waals surface area contributed by atoms with Crippen molar-refractivity contribution in [1.29, 1.82) is 0 Å². The summed E-state index contributed by atoms with van der Waals surface area (Å²) in [6.45, 7) is 3.49. The van der Waals surface area contributed by atoms with Gasteiger partial charge in [-0.3, -0.25) is 14.5 Å². The van der Waals surface area contributed by atoms with Crippen molar-refractivity contribution >= 4 is 11.6 Å². The molecule has 0 atom stereocenters. The first-order chi connectivity index (χ1) is 10.2. The van der Waals surface area contributed by atoms with Gasteiger partial charge < -0.3 is 10.6 Å². The third kappa shape index (κ3) is 4.05. The fourth-order valence-corrected chi connectivity index (χ4v) is 2.04.